The van der Waals surface area contributed by atoms with Crippen LogP contribution in [0.4, 0.5) is 5.82 Å². The molecule has 2 aliphatic rings. The Bertz CT molecular complexity index is 965. The van der Waals surface area contributed by atoms with Crippen molar-refractivity contribution in [1.82, 2.24) is 20.3 Å². The summed E-state index contributed by atoms with van der Waals surface area (Å²) >= 11 is 0. The highest BCUT2D eigenvalue weighted by Crippen LogP contribution is 2.47. The Morgan fingerprint density at radius 1 is 1.21 bits per heavy atom. The number of fused-ring (bicyclic) bond motifs is 1. The van der Waals surface area contributed by atoms with E-state index >= 15 is 0 Å². The maximum Gasteiger partial charge on any atom is 0.326 e. The molecule has 9 heteroatoms. The number of carbonyl (C=O) groups is 2. The first-order valence-electron chi connectivity index (χ1n) is 11.7. The van der Waals surface area contributed by atoms with Crippen LogP contribution >= 0.6 is 0 Å². The van der Waals surface area contributed by atoms with Crippen molar-refractivity contribution >= 4 is 17.7 Å². The topological polar surface area (TPSA) is 126 Å². The van der Waals surface area contributed by atoms with Crippen LogP contribution in [0, 0.1) is 0 Å². The van der Waals surface area contributed by atoms with Gasteiger partial charge in [0, 0.05) is 50.5 Å². The summed E-state index contributed by atoms with van der Waals surface area (Å²) in [5.41, 5.74) is 2.21. The molecule has 3 N–H and O–H groups in total. The van der Waals surface area contributed by atoms with Gasteiger partial charge < -0.3 is 20.5 Å². The first-order valence-corrected chi connectivity index (χ1v) is 11.7. The zero-order valence-electron chi connectivity index (χ0n) is 18.8. The Kier molecular flexibility index (Phi) is 7.49. The monoisotopic (exact) mass is 453 g/mol. The Balaban J connectivity index is 1.15. The number of pyridine rings is 1. The molecule has 9 nitrogen and oxygen atoms in total. The maximum absolute atomic E-state index is 12.7. The van der Waals surface area contributed by atoms with Gasteiger partial charge in [-0.05, 0) is 56.6 Å². The number of carboxylic acids is 1. The summed E-state index contributed by atoms with van der Waals surface area (Å²) in [6.07, 6.45) is 11.1. The van der Waals surface area contributed by atoms with Crippen molar-refractivity contribution < 1.29 is 19.4 Å². The van der Waals surface area contributed by atoms with Crippen LogP contribution in [0.3, 0.4) is 0 Å². The van der Waals surface area contributed by atoms with E-state index in [0.717, 1.165) is 50.2 Å². The molecule has 1 fully saturated rings. The second-order valence-electron chi connectivity index (χ2n) is 8.74. The molecule has 0 saturated heterocycles. The van der Waals surface area contributed by atoms with Crippen molar-refractivity contribution in [2.75, 3.05) is 25.1 Å². The molecular formula is C24H31N5O4. The number of carboxylic acid groups (broad SMARTS) is 1. The Morgan fingerprint density at radius 3 is 2.85 bits per heavy atom. The molecule has 2 aromatic rings. The highest BCUT2D eigenvalue weighted by atomic mass is 16.5. The lowest BCUT2D eigenvalue weighted by molar-refractivity contribution is -0.142. The number of rotatable bonds is 12. The number of aromatic nitrogens is 3. The normalized spacial score (nSPS) is 16.8. The van der Waals surface area contributed by atoms with Gasteiger partial charge >= 0.3 is 5.97 Å². The van der Waals surface area contributed by atoms with Gasteiger partial charge in [0.15, 0.2) is 0 Å². The third kappa shape index (κ3) is 5.84. The summed E-state index contributed by atoms with van der Waals surface area (Å²) in [4.78, 5) is 37.3. The van der Waals surface area contributed by atoms with Crippen molar-refractivity contribution in [3.05, 3.63) is 47.7 Å². The first-order chi connectivity index (χ1) is 16.1. The van der Waals surface area contributed by atoms with Crippen LogP contribution in [-0.2, 0) is 32.6 Å². The molecule has 4 rings (SSSR count). The molecule has 1 saturated carbocycles. The van der Waals surface area contributed by atoms with Crippen molar-refractivity contribution in [2.24, 2.45) is 0 Å². The molecule has 0 spiro atoms. The van der Waals surface area contributed by atoms with Gasteiger partial charge in [0.05, 0.1) is 11.1 Å². The second-order valence-corrected chi connectivity index (χ2v) is 8.74. The van der Waals surface area contributed by atoms with Gasteiger partial charge in [-0.1, -0.05) is 6.07 Å². The van der Waals surface area contributed by atoms with E-state index in [1.54, 1.807) is 18.6 Å². The van der Waals surface area contributed by atoms with E-state index in [-0.39, 0.29) is 18.9 Å². The summed E-state index contributed by atoms with van der Waals surface area (Å²) in [7, 11) is 0. The summed E-state index contributed by atoms with van der Waals surface area (Å²) in [5, 5.41) is 15.5. The van der Waals surface area contributed by atoms with Gasteiger partial charge in [0.25, 0.3) is 0 Å². The molecule has 3 heterocycles. The standard InChI is InChI=1S/C24H31N5O4/c30-22(31)19(29-23(32)24(9-10-24)20-16-25-12-13-26-20)8-15-33-14-2-1-5-18-7-6-17-4-3-11-27-21(17)28-18/h6-7,12-13,16,19H,1-5,8-11,14-15H2,(H,27,28)(H,29,32)(H,30,31)/t19-/m0/s1. The molecule has 1 aliphatic heterocycles. The number of unbranched alkanes of at least 4 members (excludes halogenated alkanes) is 1. The zero-order chi connectivity index (χ0) is 23.1. The lowest BCUT2D eigenvalue weighted by atomic mass is 10.0. The fourth-order valence-corrected chi connectivity index (χ4v) is 4.15. The molecule has 0 radical (unpaired) electrons. The van der Waals surface area contributed by atoms with Gasteiger partial charge in [-0.2, -0.15) is 0 Å². The van der Waals surface area contributed by atoms with E-state index in [1.165, 1.54) is 5.56 Å². The van der Waals surface area contributed by atoms with E-state index in [9.17, 15) is 14.7 Å². The number of carbonyl (C=O) groups excluding carboxylic acids is 1. The smallest absolute Gasteiger partial charge is 0.326 e. The molecule has 1 amide bonds. The fourth-order valence-electron chi connectivity index (χ4n) is 4.15. The average Bonchev–Trinajstić information content (AvgIpc) is 3.65. The number of anilines is 1. The number of ether oxygens (including phenoxy) is 1. The van der Waals surface area contributed by atoms with E-state index < -0.39 is 17.4 Å². The Labute approximate surface area is 193 Å². The number of hydrogen-bond acceptors (Lipinski definition) is 7. The minimum Gasteiger partial charge on any atom is -0.480 e. The van der Waals surface area contributed by atoms with E-state index in [0.29, 0.717) is 25.1 Å². The lowest BCUT2D eigenvalue weighted by Crippen LogP contribution is -2.46. The molecule has 176 valence electrons. The minimum atomic E-state index is -1.06. The SMILES string of the molecule is O=C(O)[C@H](CCOCCCCc1ccc2c(n1)NCCC2)NC(=O)C1(c2cnccn2)CC1. The van der Waals surface area contributed by atoms with Crippen LogP contribution < -0.4 is 10.6 Å². The van der Waals surface area contributed by atoms with Crippen LogP contribution in [0.25, 0.3) is 0 Å². The van der Waals surface area contributed by atoms with Crippen molar-refractivity contribution in [1.29, 1.82) is 0 Å². The van der Waals surface area contributed by atoms with Crippen LogP contribution in [0.5, 0.6) is 0 Å². The van der Waals surface area contributed by atoms with Crippen LogP contribution in [0.2, 0.25) is 0 Å². The summed E-state index contributed by atoms with van der Waals surface area (Å²) in [6, 6.07) is 3.27. The lowest BCUT2D eigenvalue weighted by Gasteiger charge is -2.19. The van der Waals surface area contributed by atoms with Crippen molar-refractivity contribution in [2.45, 2.75) is 62.8 Å². The Hall–Kier alpha value is -3.07. The molecule has 33 heavy (non-hydrogen) atoms. The van der Waals surface area contributed by atoms with Crippen LogP contribution in [0.1, 0.15) is 55.5 Å². The zero-order valence-corrected chi connectivity index (χ0v) is 18.8. The Morgan fingerprint density at radius 2 is 2.09 bits per heavy atom. The number of aliphatic carboxylic acids is 1. The van der Waals surface area contributed by atoms with E-state index in [1.807, 2.05) is 0 Å². The predicted molar refractivity (Wildman–Crippen MR) is 122 cm³/mol. The van der Waals surface area contributed by atoms with Gasteiger partial charge in [-0.3, -0.25) is 14.8 Å². The third-order valence-electron chi connectivity index (χ3n) is 6.32. The number of amides is 1. The van der Waals surface area contributed by atoms with Gasteiger partial charge in [-0.15, -0.1) is 0 Å². The molecule has 1 aliphatic carbocycles. The largest absolute Gasteiger partial charge is 0.480 e. The first kappa shape index (κ1) is 23.1. The van der Waals surface area contributed by atoms with Crippen LogP contribution in [0.15, 0.2) is 30.7 Å². The number of hydrogen-bond donors (Lipinski definition) is 3. The van der Waals surface area contributed by atoms with Crippen LogP contribution in [-0.4, -0.2) is 57.7 Å². The summed E-state index contributed by atoms with van der Waals surface area (Å²) in [5.74, 6) is -0.347. The van der Waals surface area contributed by atoms with Gasteiger partial charge in [0.2, 0.25) is 5.91 Å². The highest BCUT2D eigenvalue weighted by molar-refractivity contribution is 5.93. The average molecular weight is 454 g/mol. The summed E-state index contributed by atoms with van der Waals surface area (Å²) in [6.45, 7) is 1.81. The summed E-state index contributed by atoms with van der Waals surface area (Å²) < 4.78 is 5.64. The van der Waals surface area contributed by atoms with Gasteiger partial charge in [0.1, 0.15) is 11.9 Å². The highest BCUT2D eigenvalue weighted by Gasteiger charge is 2.53. The quantitative estimate of drug-likeness (QED) is 0.418. The number of nitrogens with one attached hydrogen (secondary N) is 2. The molecule has 2 aromatic heterocycles. The molecule has 0 bridgehead atoms. The molecule has 0 aromatic carbocycles. The van der Waals surface area contributed by atoms with Crippen molar-refractivity contribution in [3.8, 4) is 0 Å². The third-order valence-corrected chi connectivity index (χ3v) is 6.32. The number of nitrogens with zero attached hydrogens (tertiary/aromatic N) is 3. The molecule has 1 atom stereocenters. The van der Waals surface area contributed by atoms with E-state index in [4.69, 9.17) is 9.72 Å². The second kappa shape index (κ2) is 10.7. The van der Waals surface area contributed by atoms with Gasteiger partial charge in [-0.25, -0.2) is 9.78 Å². The predicted octanol–water partition coefficient (Wildman–Crippen LogP) is 2.26. The molecular weight excluding hydrogens is 422 g/mol. The fraction of sp³-hybridized carbons (Fsp3) is 0.542. The maximum atomic E-state index is 12.7. The van der Waals surface area contributed by atoms with E-state index in [2.05, 4.69) is 32.7 Å². The number of aryl methyl sites for hydroxylation is 2. The van der Waals surface area contributed by atoms with Crippen molar-refractivity contribution in [3.63, 3.8) is 0 Å². The minimum absolute atomic E-state index is 0.218. The molecule has 0 unspecified atom stereocenters.